The fourth-order valence-electron chi connectivity index (χ4n) is 1.91. The summed E-state index contributed by atoms with van der Waals surface area (Å²) in [5.41, 5.74) is -0.0102. The van der Waals surface area contributed by atoms with Crippen molar-refractivity contribution in [3.8, 4) is 0 Å². The number of H-pyrrole nitrogens is 2. The second kappa shape index (κ2) is 5.86. The highest BCUT2D eigenvalue weighted by molar-refractivity contribution is 5.95. The van der Waals surface area contributed by atoms with Gasteiger partial charge in [0.15, 0.2) is 0 Å². The van der Waals surface area contributed by atoms with Crippen molar-refractivity contribution in [1.29, 1.82) is 0 Å². The lowest BCUT2D eigenvalue weighted by Crippen LogP contribution is -2.34. The zero-order chi connectivity index (χ0) is 15.6. The molecule has 21 heavy (non-hydrogen) atoms. The molecular weight excluding hydrogens is 272 g/mol. The molecule has 0 spiro atoms. The maximum Gasteiger partial charge on any atom is 0.264 e. The van der Waals surface area contributed by atoms with Gasteiger partial charge in [0.25, 0.3) is 11.5 Å². The molecule has 0 aliphatic heterocycles. The van der Waals surface area contributed by atoms with E-state index in [4.69, 9.17) is 0 Å². The number of hydrogen-bond donors (Lipinski definition) is 3. The zero-order valence-electron chi connectivity index (χ0n) is 12.4. The van der Waals surface area contributed by atoms with Gasteiger partial charge in [-0.05, 0) is 13.8 Å². The molecule has 2 aromatic rings. The van der Waals surface area contributed by atoms with Crippen LogP contribution in [-0.2, 0) is 0 Å². The van der Waals surface area contributed by atoms with E-state index in [1.165, 1.54) is 6.33 Å². The average Bonchev–Trinajstić information content (AvgIpc) is 2.91. The number of nitrogens with one attached hydrogen (secondary N) is 3. The Labute approximate surface area is 121 Å². The molecule has 2 heterocycles. The van der Waals surface area contributed by atoms with Gasteiger partial charge in [0.2, 0.25) is 0 Å². The predicted octanol–water partition coefficient (Wildman–Crippen LogP) is 0.811. The predicted molar refractivity (Wildman–Crippen MR) is 75.9 cm³/mol. The van der Waals surface area contributed by atoms with Gasteiger partial charge < -0.3 is 10.3 Å². The van der Waals surface area contributed by atoms with Crippen molar-refractivity contribution in [2.75, 3.05) is 0 Å². The summed E-state index contributed by atoms with van der Waals surface area (Å²) in [6.45, 7) is 7.24. The van der Waals surface area contributed by atoms with E-state index in [-0.39, 0.29) is 17.5 Å². The molecule has 0 saturated heterocycles. The molecule has 8 heteroatoms. The van der Waals surface area contributed by atoms with Crippen LogP contribution < -0.4 is 10.9 Å². The Morgan fingerprint density at radius 1 is 1.29 bits per heavy atom. The van der Waals surface area contributed by atoms with E-state index >= 15 is 0 Å². The van der Waals surface area contributed by atoms with Gasteiger partial charge in [0.05, 0.1) is 11.7 Å². The van der Waals surface area contributed by atoms with Crippen LogP contribution >= 0.6 is 0 Å². The number of nitrogens with zero attached hydrogens (tertiary/aromatic N) is 3. The molecule has 0 aliphatic rings. The van der Waals surface area contributed by atoms with Gasteiger partial charge in [0.1, 0.15) is 23.5 Å². The topological polar surface area (TPSA) is 116 Å². The monoisotopic (exact) mass is 290 g/mol. The molecule has 0 aromatic carbocycles. The molecule has 0 bridgehead atoms. The summed E-state index contributed by atoms with van der Waals surface area (Å²) in [6, 6.07) is -0.386. The van der Waals surface area contributed by atoms with Gasteiger partial charge >= 0.3 is 0 Å². The van der Waals surface area contributed by atoms with Crippen LogP contribution in [0.15, 0.2) is 11.1 Å². The minimum Gasteiger partial charge on any atom is -0.342 e. The van der Waals surface area contributed by atoms with Crippen LogP contribution in [0.1, 0.15) is 60.4 Å². The number of aryl methyl sites for hydroxylation is 1. The third kappa shape index (κ3) is 3.15. The fraction of sp³-hybridized carbons (Fsp3) is 0.462. The lowest BCUT2D eigenvalue weighted by molar-refractivity contribution is 0.0935. The van der Waals surface area contributed by atoms with Crippen LogP contribution in [0.4, 0.5) is 0 Å². The van der Waals surface area contributed by atoms with Gasteiger partial charge in [0, 0.05) is 5.92 Å². The summed E-state index contributed by atoms with van der Waals surface area (Å²) in [7, 11) is 0. The van der Waals surface area contributed by atoms with E-state index in [0.717, 1.165) is 0 Å². The maximum atomic E-state index is 12.2. The Bertz CT molecular complexity index is 689. The van der Waals surface area contributed by atoms with Crippen molar-refractivity contribution in [1.82, 2.24) is 30.5 Å². The van der Waals surface area contributed by atoms with Crippen molar-refractivity contribution in [2.45, 2.75) is 39.7 Å². The summed E-state index contributed by atoms with van der Waals surface area (Å²) >= 11 is 0. The van der Waals surface area contributed by atoms with Crippen molar-refractivity contribution in [3.63, 3.8) is 0 Å². The van der Waals surface area contributed by atoms with E-state index in [1.807, 2.05) is 13.8 Å². The van der Waals surface area contributed by atoms with Crippen LogP contribution in [0.25, 0.3) is 0 Å². The molecule has 2 rings (SSSR count). The van der Waals surface area contributed by atoms with Crippen molar-refractivity contribution >= 4 is 5.91 Å². The number of aromatic nitrogens is 5. The Morgan fingerprint density at radius 3 is 2.52 bits per heavy atom. The molecule has 112 valence electrons. The summed E-state index contributed by atoms with van der Waals surface area (Å²) in [5, 5.41) is 9.09. The Morgan fingerprint density at radius 2 is 2.00 bits per heavy atom. The van der Waals surface area contributed by atoms with Crippen molar-refractivity contribution in [3.05, 3.63) is 39.6 Å². The van der Waals surface area contributed by atoms with E-state index in [9.17, 15) is 9.59 Å². The van der Waals surface area contributed by atoms with Crippen LogP contribution in [0.2, 0.25) is 0 Å². The second-order valence-corrected chi connectivity index (χ2v) is 5.13. The first-order valence-corrected chi connectivity index (χ1v) is 6.67. The molecule has 8 nitrogen and oxygen atoms in total. The second-order valence-electron chi connectivity index (χ2n) is 5.13. The lowest BCUT2D eigenvalue weighted by Gasteiger charge is -2.13. The smallest absolute Gasteiger partial charge is 0.264 e. The molecule has 3 N–H and O–H groups in total. The Hall–Kier alpha value is -2.51. The van der Waals surface area contributed by atoms with E-state index < -0.39 is 11.5 Å². The van der Waals surface area contributed by atoms with Crippen LogP contribution in [0.3, 0.4) is 0 Å². The highest BCUT2D eigenvalue weighted by atomic mass is 16.2. The van der Waals surface area contributed by atoms with Crippen LogP contribution in [0.5, 0.6) is 0 Å². The first kappa shape index (κ1) is 14.9. The molecule has 0 saturated carbocycles. The molecule has 1 atom stereocenters. The number of amides is 1. The summed E-state index contributed by atoms with van der Waals surface area (Å²) in [4.78, 5) is 35.2. The fourth-order valence-corrected chi connectivity index (χ4v) is 1.91. The van der Waals surface area contributed by atoms with Crippen molar-refractivity contribution < 1.29 is 4.79 Å². The highest BCUT2D eigenvalue weighted by Gasteiger charge is 2.20. The average molecular weight is 290 g/mol. The maximum absolute atomic E-state index is 12.2. The van der Waals surface area contributed by atoms with E-state index in [0.29, 0.717) is 17.3 Å². The van der Waals surface area contributed by atoms with Gasteiger partial charge in [-0.1, -0.05) is 13.8 Å². The van der Waals surface area contributed by atoms with E-state index in [1.54, 1.807) is 13.8 Å². The normalized spacial score (nSPS) is 12.4. The molecule has 0 aliphatic carbocycles. The SMILES string of the molecule is Cc1nc(C(C)C)[nH]c(=O)c1C(=O)NC(C)c1ncn[nH]1. The van der Waals surface area contributed by atoms with Gasteiger partial charge in [-0.25, -0.2) is 9.97 Å². The number of rotatable bonds is 4. The molecule has 1 unspecified atom stereocenters. The highest BCUT2D eigenvalue weighted by Crippen LogP contribution is 2.10. The standard InChI is InChI=1S/C13H18N6O2/c1-6(2)10-16-7(3)9(13(21)18-10)12(20)17-8(4)11-14-5-15-19-11/h5-6,8H,1-4H3,(H,17,20)(H,14,15,19)(H,16,18,21). The number of hydrogen-bond acceptors (Lipinski definition) is 5. The molecule has 0 fully saturated rings. The largest absolute Gasteiger partial charge is 0.342 e. The Balaban J connectivity index is 2.26. The summed E-state index contributed by atoms with van der Waals surface area (Å²) < 4.78 is 0. The van der Waals surface area contributed by atoms with Gasteiger partial charge in [-0.2, -0.15) is 5.10 Å². The van der Waals surface area contributed by atoms with Crippen molar-refractivity contribution in [2.24, 2.45) is 0 Å². The molecular formula is C13H18N6O2. The summed E-state index contributed by atoms with van der Waals surface area (Å²) in [5.74, 6) is 0.684. The van der Waals surface area contributed by atoms with Gasteiger partial charge in [-0.15, -0.1) is 0 Å². The first-order chi connectivity index (χ1) is 9.90. The molecule has 2 aromatic heterocycles. The number of aromatic amines is 2. The minimum atomic E-state index is -0.486. The zero-order valence-corrected chi connectivity index (χ0v) is 12.4. The number of carbonyl (C=O) groups excluding carboxylic acids is 1. The first-order valence-electron chi connectivity index (χ1n) is 6.67. The Kier molecular flexibility index (Phi) is 4.15. The summed E-state index contributed by atoms with van der Waals surface area (Å²) in [6.07, 6.45) is 1.36. The van der Waals surface area contributed by atoms with Crippen LogP contribution in [0, 0.1) is 6.92 Å². The van der Waals surface area contributed by atoms with Gasteiger partial charge in [-0.3, -0.25) is 14.7 Å². The number of carbonyl (C=O) groups is 1. The third-order valence-corrected chi connectivity index (χ3v) is 3.08. The molecule has 0 radical (unpaired) electrons. The third-order valence-electron chi connectivity index (χ3n) is 3.08. The quantitative estimate of drug-likeness (QED) is 0.770. The minimum absolute atomic E-state index is 0.0192. The molecule has 1 amide bonds. The van der Waals surface area contributed by atoms with E-state index in [2.05, 4.69) is 30.5 Å². The van der Waals surface area contributed by atoms with Crippen LogP contribution in [-0.4, -0.2) is 31.1 Å². The lowest BCUT2D eigenvalue weighted by atomic mass is 10.1.